The van der Waals surface area contributed by atoms with E-state index in [4.69, 9.17) is 16.3 Å². The molecule has 0 fully saturated rings. The zero-order chi connectivity index (χ0) is 18.4. The molecule has 0 aliphatic rings. The van der Waals surface area contributed by atoms with Gasteiger partial charge in [-0.3, -0.25) is 4.79 Å². The maximum absolute atomic E-state index is 12.3. The van der Waals surface area contributed by atoms with Gasteiger partial charge in [-0.25, -0.2) is 0 Å². The van der Waals surface area contributed by atoms with Crippen molar-refractivity contribution in [2.45, 2.75) is 28.9 Å². The van der Waals surface area contributed by atoms with E-state index in [1.54, 1.807) is 24.6 Å². The minimum atomic E-state index is -0.579. The van der Waals surface area contributed by atoms with E-state index in [9.17, 15) is 4.79 Å². The highest BCUT2D eigenvalue weighted by atomic mass is 35.5. The van der Waals surface area contributed by atoms with Gasteiger partial charge in [0, 0.05) is 10.6 Å². The number of hydrogen-bond donors (Lipinski definition) is 1. The molecule has 0 saturated heterocycles. The van der Waals surface area contributed by atoms with E-state index in [-0.39, 0.29) is 5.91 Å². The van der Waals surface area contributed by atoms with Crippen LogP contribution in [0.15, 0.2) is 63.3 Å². The summed E-state index contributed by atoms with van der Waals surface area (Å²) in [5.41, 5.74) is 3.31. The van der Waals surface area contributed by atoms with E-state index in [0.29, 0.717) is 17.3 Å². The second kappa shape index (κ2) is 9.14. The molecule has 8 heteroatoms. The smallest absolute Gasteiger partial charge is 0.253 e. The molecule has 2 aromatic carbocycles. The first kappa shape index (κ1) is 18.8. The van der Waals surface area contributed by atoms with Crippen LogP contribution in [-0.2, 0) is 16.1 Å². The van der Waals surface area contributed by atoms with Crippen molar-refractivity contribution in [3.05, 3.63) is 64.6 Å². The Bertz CT molecular complexity index is 860. The van der Waals surface area contributed by atoms with E-state index in [1.807, 2.05) is 36.4 Å². The molecule has 1 unspecified atom stereocenters. The van der Waals surface area contributed by atoms with E-state index < -0.39 is 6.10 Å². The van der Waals surface area contributed by atoms with Crippen molar-refractivity contribution in [1.29, 1.82) is 0 Å². The summed E-state index contributed by atoms with van der Waals surface area (Å²) in [6.07, 6.45) is -0.579. The normalized spacial score (nSPS) is 11.9. The van der Waals surface area contributed by atoms with Gasteiger partial charge in [0.25, 0.3) is 5.91 Å². The number of nitrogens with zero attached hydrogens (tertiary/aromatic N) is 2. The monoisotopic (exact) mass is 405 g/mol. The van der Waals surface area contributed by atoms with Crippen molar-refractivity contribution >= 4 is 46.3 Å². The minimum Gasteiger partial charge on any atom is -0.364 e. The molecular weight excluding hydrogens is 390 g/mol. The van der Waals surface area contributed by atoms with E-state index >= 15 is 0 Å². The molecule has 0 spiro atoms. The molecule has 3 aromatic rings. The van der Waals surface area contributed by atoms with Crippen LogP contribution < -0.4 is 5.32 Å². The van der Waals surface area contributed by atoms with Crippen LogP contribution in [-0.4, -0.2) is 22.2 Å². The van der Waals surface area contributed by atoms with Crippen LogP contribution in [0.3, 0.4) is 0 Å². The summed E-state index contributed by atoms with van der Waals surface area (Å²) < 4.78 is 6.43. The number of carbonyl (C=O) groups excluding carboxylic acids is 1. The van der Waals surface area contributed by atoms with Crippen molar-refractivity contribution in [1.82, 2.24) is 10.2 Å². The number of benzene rings is 2. The Morgan fingerprint density at radius 2 is 2.12 bits per heavy atom. The molecule has 1 heterocycles. The average Bonchev–Trinajstić information content (AvgIpc) is 3.16. The van der Waals surface area contributed by atoms with Gasteiger partial charge < -0.3 is 10.1 Å². The highest BCUT2D eigenvalue weighted by molar-refractivity contribution is 8.01. The molecule has 26 heavy (non-hydrogen) atoms. The van der Waals surface area contributed by atoms with Crippen LogP contribution in [0.4, 0.5) is 5.69 Å². The predicted molar refractivity (Wildman–Crippen MR) is 105 cm³/mol. The Balaban J connectivity index is 1.55. The molecule has 1 amide bonds. The van der Waals surface area contributed by atoms with Crippen molar-refractivity contribution < 1.29 is 9.53 Å². The third-order valence-electron chi connectivity index (χ3n) is 3.45. The molecule has 1 atom stereocenters. The molecule has 1 N–H and O–H groups in total. The van der Waals surface area contributed by atoms with Crippen LogP contribution in [0.1, 0.15) is 12.5 Å². The number of ether oxygens (including phenoxy) is 1. The molecule has 1 aromatic heterocycles. The highest BCUT2D eigenvalue weighted by Gasteiger charge is 2.15. The van der Waals surface area contributed by atoms with Crippen LogP contribution >= 0.6 is 34.7 Å². The number of aromatic nitrogens is 2. The quantitative estimate of drug-likeness (QED) is 0.606. The summed E-state index contributed by atoms with van der Waals surface area (Å²) in [6.45, 7) is 2.10. The number of nitrogens with one attached hydrogen (secondary N) is 1. The number of amides is 1. The SMILES string of the molecule is CC(OCc1ccccc1)C(=O)Nc1ccc(Sc2nncs2)c(Cl)c1. The largest absolute Gasteiger partial charge is 0.364 e. The van der Waals surface area contributed by atoms with Crippen molar-refractivity contribution in [3.63, 3.8) is 0 Å². The molecular formula is C18H16ClN3O2S2. The zero-order valence-corrected chi connectivity index (χ0v) is 16.3. The standard InChI is InChI=1S/C18H16ClN3O2S2/c1-12(24-10-13-5-3-2-4-6-13)17(23)21-14-7-8-16(15(19)9-14)26-18-22-20-11-25-18/h2-9,11-12H,10H2,1H3,(H,21,23). The summed E-state index contributed by atoms with van der Waals surface area (Å²) in [5, 5.41) is 11.1. The average molecular weight is 406 g/mol. The number of hydrogen-bond acceptors (Lipinski definition) is 6. The molecule has 3 rings (SSSR count). The Morgan fingerprint density at radius 3 is 2.81 bits per heavy atom. The van der Waals surface area contributed by atoms with Crippen molar-refractivity contribution in [3.8, 4) is 0 Å². The number of rotatable bonds is 7. The fraction of sp³-hybridized carbons (Fsp3) is 0.167. The topological polar surface area (TPSA) is 64.1 Å². The van der Waals surface area contributed by atoms with Gasteiger partial charge in [-0.15, -0.1) is 10.2 Å². The van der Waals surface area contributed by atoms with Crippen molar-refractivity contribution in [2.75, 3.05) is 5.32 Å². The van der Waals surface area contributed by atoms with Gasteiger partial charge in [-0.1, -0.05) is 65.0 Å². The molecule has 0 saturated carbocycles. The molecule has 0 aliphatic carbocycles. The summed E-state index contributed by atoms with van der Waals surface area (Å²) >= 11 is 9.18. The number of carbonyl (C=O) groups is 1. The van der Waals surface area contributed by atoms with Gasteiger partial charge >= 0.3 is 0 Å². The third-order valence-corrected chi connectivity index (χ3v) is 5.73. The molecule has 134 valence electrons. The van der Waals surface area contributed by atoms with Gasteiger partial charge in [-0.05, 0) is 30.7 Å². The zero-order valence-electron chi connectivity index (χ0n) is 13.9. The van der Waals surface area contributed by atoms with Crippen molar-refractivity contribution in [2.24, 2.45) is 0 Å². The van der Waals surface area contributed by atoms with Gasteiger partial charge in [0.1, 0.15) is 11.6 Å². The first-order valence-electron chi connectivity index (χ1n) is 7.82. The highest BCUT2D eigenvalue weighted by Crippen LogP contribution is 2.35. The number of anilines is 1. The maximum atomic E-state index is 12.3. The fourth-order valence-electron chi connectivity index (χ4n) is 2.08. The Labute approximate surface area is 164 Å². The lowest BCUT2D eigenvalue weighted by Crippen LogP contribution is -2.27. The first-order valence-corrected chi connectivity index (χ1v) is 9.89. The first-order chi connectivity index (χ1) is 12.6. The van der Waals surface area contributed by atoms with Crippen LogP contribution in [0, 0.1) is 0 Å². The van der Waals surface area contributed by atoms with Gasteiger partial charge in [0.05, 0.1) is 11.6 Å². The Morgan fingerprint density at radius 1 is 1.31 bits per heavy atom. The maximum Gasteiger partial charge on any atom is 0.253 e. The molecule has 0 radical (unpaired) electrons. The summed E-state index contributed by atoms with van der Waals surface area (Å²) in [5.74, 6) is -0.221. The van der Waals surface area contributed by atoms with Crippen LogP contribution in [0.5, 0.6) is 0 Å². The second-order valence-electron chi connectivity index (χ2n) is 5.38. The van der Waals surface area contributed by atoms with Crippen LogP contribution in [0.2, 0.25) is 5.02 Å². The molecule has 5 nitrogen and oxygen atoms in total. The summed E-state index contributed by atoms with van der Waals surface area (Å²) in [7, 11) is 0. The lowest BCUT2D eigenvalue weighted by molar-refractivity contribution is -0.127. The second-order valence-corrected chi connectivity index (χ2v) is 7.91. The van der Waals surface area contributed by atoms with E-state index in [1.165, 1.54) is 23.1 Å². The van der Waals surface area contributed by atoms with Gasteiger partial charge in [0.2, 0.25) is 0 Å². The van der Waals surface area contributed by atoms with Gasteiger partial charge in [0.15, 0.2) is 4.34 Å². The molecule has 0 bridgehead atoms. The predicted octanol–water partition coefficient (Wildman–Crippen LogP) is 4.89. The fourth-order valence-corrected chi connectivity index (χ4v) is 3.81. The Hall–Kier alpha value is -1.93. The number of halogens is 1. The minimum absolute atomic E-state index is 0.221. The summed E-state index contributed by atoms with van der Waals surface area (Å²) in [4.78, 5) is 13.1. The Kier molecular flexibility index (Phi) is 6.62. The summed E-state index contributed by atoms with van der Waals surface area (Å²) in [6, 6.07) is 15.1. The lowest BCUT2D eigenvalue weighted by atomic mass is 10.2. The third kappa shape index (κ3) is 5.28. The van der Waals surface area contributed by atoms with E-state index in [2.05, 4.69) is 15.5 Å². The molecule has 0 aliphatic heterocycles. The van der Waals surface area contributed by atoms with Gasteiger partial charge in [-0.2, -0.15) is 0 Å². The van der Waals surface area contributed by atoms with Crippen LogP contribution in [0.25, 0.3) is 0 Å². The van der Waals surface area contributed by atoms with E-state index in [0.717, 1.165) is 14.8 Å². The lowest BCUT2D eigenvalue weighted by Gasteiger charge is -2.14.